The van der Waals surface area contributed by atoms with E-state index in [9.17, 15) is 23.3 Å². The Bertz CT molecular complexity index is 563. The Morgan fingerprint density at radius 3 is 2.22 bits per heavy atom. The minimum Gasteiger partial charge on any atom is -0.291 e. The fourth-order valence-electron chi connectivity index (χ4n) is 1.29. The minimum atomic E-state index is -3.73. The molecule has 0 N–H and O–H groups in total. The van der Waals surface area contributed by atoms with Gasteiger partial charge in [-0.25, -0.2) is 0 Å². The first kappa shape index (κ1) is 14.3. The summed E-state index contributed by atoms with van der Waals surface area (Å²) in [7, 11) is -3.73. The van der Waals surface area contributed by atoms with E-state index >= 15 is 0 Å². The molecule has 1 unspecified atom stereocenters. The van der Waals surface area contributed by atoms with E-state index in [2.05, 4.69) is 4.18 Å². The molecule has 1 aromatic carbocycles. The number of benzene rings is 1. The smallest absolute Gasteiger partial charge is 0.269 e. The maximum atomic E-state index is 11.7. The molecule has 0 aliphatic heterocycles. The normalized spacial score (nSPS) is 13.0. The van der Waals surface area contributed by atoms with Crippen LogP contribution in [0.3, 0.4) is 0 Å². The summed E-state index contributed by atoms with van der Waals surface area (Å²) in [5.74, 6) is -0.560. The lowest BCUT2D eigenvalue weighted by atomic mass is 10.1. The standard InChI is InChI=1S/C10H11NO6S/c1-7(17-18(2,15)16)10(12)8-3-5-9(6-4-8)11(13)14/h3-7H,1-2H3. The molecule has 0 aromatic heterocycles. The van der Waals surface area contributed by atoms with E-state index in [1.165, 1.54) is 31.2 Å². The summed E-state index contributed by atoms with van der Waals surface area (Å²) in [5.41, 5.74) is -0.0000144. The number of Topliss-reactive ketones (excluding diaryl/α,β-unsaturated/α-hetero) is 1. The molecule has 0 fully saturated rings. The van der Waals surface area contributed by atoms with Crippen LogP contribution in [0.15, 0.2) is 24.3 Å². The van der Waals surface area contributed by atoms with Crippen LogP contribution >= 0.6 is 0 Å². The van der Waals surface area contributed by atoms with Gasteiger partial charge in [-0.3, -0.25) is 19.1 Å². The molecule has 0 aliphatic carbocycles. The molecule has 18 heavy (non-hydrogen) atoms. The summed E-state index contributed by atoms with van der Waals surface area (Å²) in [6.07, 6.45) is -0.325. The molecule has 98 valence electrons. The summed E-state index contributed by atoms with van der Waals surface area (Å²) >= 11 is 0. The van der Waals surface area contributed by atoms with Crippen LogP contribution in [0.25, 0.3) is 0 Å². The quantitative estimate of drug-likeness (QED) is 0.345. The molecule has 0 radical (unpaired) electrons. The molecular weight excluding hydrogens is 262 g/mol. The number of ketones is 1. The van der Waals surface area contributed by atoms with Gasteiger partial charge in [-0.05, 0) is 19.1 Å². The second-order valence-corrected chi connectivity index (χ2v) is 5.21. The first-order valence-electron chi connectivity index (χ1n) is 4.87. The number of non-ortho nitro benzene ring substituents is 1. The fraction of sp³-hybridized carbons (Fsp3) is 0.300. The van der Waals surface area contributed by atoms with Crippen molar-refractivity contribution in [3.05, 3.63) is 39.9 Å². The SMILES string of the molecule is CC(OS(C)(=O)=O)C(=O)c1ccc([N+](=O)[O-])cc1. The molecule has 0 amide bonds. The number of nitro benzene ring substituents is 1. The van der Waals surface area contributed by atoms with Gasteiger partial charge in [-0.15, -0.1) is 0 Å². The lowest BCUT2D eigenvalue weighted by Gasteiger charge is -2.09. The largest absolute Gasteiger partial charge is 0.291 e. The first-order valence-corrected chi connectivity index (χ1v) is 6.69. The average molecular weight is 273 g/mol. The molecule has 0 spiro atoms. The van der Waals surface area contributed by atoms with Crippen LogP contribution in [0, 0.1) is 10.1 Å². The molecule has 7 nitrogen and oxygen atoms in total. The number of nitro groups is 1. The van der Waals surface area contributed by atoms with Crippen LogP contribution in [-0.2, 0) is 14.3 Å². The van der Waals surface area contributed by atoms with Gasteiger partial charge in [0.25, 0.3) is 15.8 Å². The van der Waals surface area contributed by atoms with Crippen molar-refractivity contribution in [1.29, 1.82) is 0 Å². The van der Waals surface area contributed by atoms with Gasteiger partial charge in [0.05, 0.1) is 11.2 Å². The zero-order chi connectivity index (χ0) is 13.9. The molecule has 0 heterocycles. The highest BCUT2D eigenvalue weighted by Gasteiger charge is 2.20. The maximum Gasteiger partial charge on any atom is 0.269 e. The first-order chi connectivity index (χ1) is 8.20. The van der Waals surface area contributed by atoms with Gasteiger partial charge in [0.1, 0.15) is 6.10 Å². The van der Waals surface area contributed by atoms with E-state index in [1.54, 1.807) is 0 Å². The third-order valence-electron chi connectivity index (χ3n) is 2.05. The molecule has 1 atom stereocenters. The highest BCUT2D eigenvalue weighted by Crippen LogP contribution is 2.14. The van der Waals surface area contributed by atoms with Crippen molar-refractivity contribution in [3.8, 4) is 0 Å². The summed E-state index contributed by atoms with van der Waals surface area (Å²) in [5, 5.41) is 10.4. The van der Waals surface area contributed by atoms with Crippen LogP contribution < -0.4 is 0 Å². The van der Waals surface area contributed by atoms with E-state index in [1.807, 2.05) is 0 Å². The topological polar surface area (TPSA) is 104 Å². The molecule has 0 bridgehead atoms. The minimum absolute atomic E-state index is 0.150. The number of hydrogen-bond acceptors (Lipinski definition) is 6. The van der Waals surface area contributed by atoms with E-state index in [0.717, 1.165) is 6.26 Å². The summed E-state index contributed by atoms with van der Waals surface area (Å²) < 4.78 is 26.2. The van der Waals surface area contributed by atoms with Gasteiger partial charge in [0.15, 0.2) is 5.78 Å². The van der Waals surface area contributed by atoms with E-state index in [0.29, 0.717) is 0 Å². The van der Waals surface area contributed by atoms with Crippen LogP contribution in [0.4, 0.5) is 5.69 Å². The van der Waals surface area contributed by atoms with Gasteiger partial charge in [0, 0.05) is 17.7 Å². The van der Waals surface area contributed by atoms with Gasteiger partial charge in [0.2, 0.25) is 0 Å². The number of carbonyl (C=O) groups is 1. The number of carbonyl (C=O) groups excluding carboxylic acids is 1. The molecule has 1 aromatic rings. The summed E-state index contributed by atoms with van der Waals surface area (Å²) in [6, 6.07) is 4.84. The predicted molar refractivity (Wildman–Crippen MR) is 62.8 cm³/mol. The van der Waals surface area contributed by atoms with Crippen molar-refractivity contribution >= 4 is 21.6 Å². The Kier molecular flexibility index (Phi) is 4.15. The lowest BCUT2D eigenvalue weighted by molar-refractivity contribution is -0.384. The summed E-state index contributed by atoms with van der Waals surface area (Å²) in [4.78, 5) is 21.6. The van der Waals surface area contributed by atoms with E-state index in [4.69, 9.17) is 0 Å². The van der Waals surface area contributed by atoms with Crippen LogP contribution in [0.1, 0.15) is 17.3 Å². The maximum absolute atomic E-state index is 11.7. The Labute approximate surface area is 104 Å². The van der Waals surface area contributed by atoms with Gasteiger partial charge in [-0.2, -0.15) is 8.42 Å². The zero-order valence-electron chi connectivity index (χ0n) is 9.69. The molecule has 0 saturated carbocycles. The highest BCUT2D eigenvalue weighted by atomic mass is 32.2. The number of nitrogens with zero attached hydrogens (tertiary/aromatic N) is 1. The number of rotatable bonds is 5. The van der Waals surface area contributed by atoms with Gasteiger partial charge >= 0.3 is 0 Å². The predicted octanol–water partition coefficient (Wildman–Crippen LogP) is 1.14. The van der Waals surface area contributed by atoms with E-state index in [-0.39, 0.29) is 11.3 Å². The van der Waals surface area contributed by atoms with Gasteiger partial charge < -0.3 is 0 Å². The highest BCUT2D eigenvalue weighted by molar-refractivity contribution is 7.86. The average Bonchev–Trinajstić information content (AvgIpc) is 2.26. The Morgan fingerprint density at radius 1 is 1.33 bits per heavy atom. The van der Waals surface area contributed by atoms with Crippen LogP contribution in [0.5, 0.6) is 0 Å². The third-order valence-corrected chi connectivity index (χ3v) is 2.69. The van der Waals surface area contributed by atoms with Crippen molar-refractivity contribution in [3.63, 3.8) is 0 Å². The lowest BCUT2D eigenvalue weighted by Crippen LogP contribution is -2.23. The monoisotopic (exact) mass is 273 g/mol. The molecule has 8 heteroatoms. The second-order valence-electron chi connectivity index (χ2n) is 3.61. The fourth-order valence-corrected chi connectivity index (χ4v) is 1.90. The Balaban J connectivity index is 2.87. The Morgan fingerprint density at radius 2 is 1.83 bits per heavy atom. The molecule has 0 saturated heterocycles. The third kappa shape index (κ3) is 3.90. The molecular formula is C10H11NO6S. The number of hydrogen-bond donors (Lipinski definition) is 0. The van der Waals surface area contributed by atoms with Gasteiger partial charge in [-0.1, -0.05) is 0 Å². The Hall–Kier alpha value is -1.80. The van der Waals surface area contributed by atoms with Crippen LogP contribution in [0.2, 0.25) is 0 Å². The summed E-state index contributed by atoms with van der Waals surface area (Å²) in [6.45, 7) is 1.30. The zero-order valence-corrected chi connectivity index (χ0v) is 10.5. The van der Waals surface area contributed by atoms with Crippen molar-refractivity contribution in [2.75, 3.05) is 6.26 Å². The van der Waals surface area contributed by atoms with Crippen molar-refractivity contribution in [2.24, 2.45) is 0 Å². The molecule has 1 rings (SSSR count). The van der Waals surface area contributed by atoms with E-state index < -0.39 is 26.9 Å². The molecule has 0 aliphatic rings. The van der Waals surface area contributed by atoms with Crippen molar-refractivity contribution in [2.45, 2.75) is 13.0 Å². The van der Waals surface area contributed by atoms with Crippen molar-refractivity contribution < 1.29 is 22.3 Å². The second kappa shape index (κ2) is 5.23. The van der Waals surface area contributed by atoms with Crippen molar-refractivity contribution in [1.82, 2.24) is 0 Å². The van der Waals surface area contributed by atoms with Crippen LogP contribution in [-0.4, -0.2) is 31.5 Å².